The van der Waals surface area contributed by atoms with Gasteiger partial charge in [-0.3, -0.25) is 4.79 Å². The highest BCUT2D eigenvalue weighted by atomic mass is 16.5. The molecule has 24 heavy (non-hydrogen) atoms. The molecule has 1 heterocycles. The van der Waals surface area contributed by atoms with E-state index in [2.05, 4.69) is 34.6 Å². The topological polar surface area (TPSA) is 49.8 Å². The minimum atomic E-state index is -0.497. The first-order valence-corrected chi connectivity index (χ1v) is 9.22. The summed E-state index contributed by atoms with van der Waals surface area (Å²) in [5, 5.41) is 11.8. The molecule has 4 nitrogen and oxygen atoms in total. The first kappa shape index (κ1) is 21.4. The van der Waals surface area contributed by atoms with Gasteiger partial charge in [0.2, 0.25) is 0 Å². The molecular formula is C20H39NO3. The van der Waals surface area contributed by atoms with Crippen LogP contribution in [0.1, 0.15) is 88.5 Å². The van der Waals surface area contributed by atoms with Crippen LogP contribution in [0, 0.1) is 16.7 Å². The van der Waals surface area contributed by atoms with Crippen molar-refractivity contribution < 1.29 is 14.7 Å². The molecule has 1 fully saturated rings. The third-order valence-electron chi connectivity index (χ3n) is 5.51. The molecule has 0 aromatic rings. The summed E-state index contributed by atoms with van der Waals surface area (Å²) in [6.07, 6.45) is 1.91. The number of hydroxylamine groups is 2. The van der Waals surface area contributed by atoms with Gasteiger partial charge >= 0.3 is 5.97 Å². The zero-order valence-electron chi connectivity index (χ0n) is 17.5. The summed E-state index contributed by atoms with van der Waals surface area (Å²) in [6.45, 7) is 20.7. The number of piperidine rings is 1. The third-order valence-corrected chi connectivity index (χ3v) is 5.51. The van der Waals surface area contributed by atoms with Crippen LogP contribution in [0.4, 0.5) is 0 Å². The Morgan fingerprint density at radius 3 is 1.88 bits per heavy atom. The number of hydrogen-bond acceptors (Lipinski definition) is 4. The predicted molar refractivity (Wildman–Crippen MR) is 97.9 cm³/mol. The van der Waals surface area contributed by atoms with Gasteiger partial charge in [0.25, 0.3) is 0 Å². The number of esters is 1. The van der Waals surface area contributed by atoms with Crippen LogP contribution >= 0.6 is 0 Å². The van der Waals surface area contributed by atoms with E-state index in [-0.39, 0.29) is 23.4 Å². The van der Waals surface area contributed by atoms with E-state index in [0.717, 1.165) is 6.42 Å². The molecule has 142 valence electrons. The molecule has 1 N–H and O–H groups in total. The fourth-order valence-electron chi connectivity index (χ4n) is 4.16. The fraction of sp³-hybridized carbons (Fsp3) is 0.950. The van der Waals surface area contributed by atoms with Crippen LogP contribution in [0.2, 0.25) is 0 Å². The van der Waals surface area contributed by atoms with Crippen molar-refractivity contribution in [1.29, 1.82) is 0 Å². The highest BCUT2D eigenvalue weighted by molar-refractivity contribution is 5.77. The van der Waals surface area contributed by atoms with Gasteiger partial charge in [0.05, 0.1) is 5.41 Å². The number of ether oxygens (including phenoxy) is 1. The number of hydrogen-bond donors (Lipinski definition) is 1. The van der Waals surface area contributed by atoms with Crippen molar-refractivity contribution in [2.45, 2.75) is 106 Å². The van der Waals surface area contributed by atoms with Gasteiger partial charge in [-0.2, -0.15) is 5.06 Å². The molecule has 1 unspecified atom stereocenters. The molecule has 1 saturated heterocycles. The summed E-state index contributed by atoms with van der Waals surface area (Å²) >= 11 is 0. The first-order chi connectivity index (χ1) is 10.5. The van der Waals surface area contributed by atoms with Crippen LogP contribution in [0.15, 0.2) is 0 Å². The van der Waals surface area contributed by atoms with E-state index in [1.165, 1.54) is 5.06 Å². The normalized spacial score (nSPS) is 24.7. The van der Waals surface area contributed by atoms with Crippen molar-refractivity contribution in [3.8, 4) is 0 Å². The van der Waals surface area contributed by atoms with Crippen molar-refractivity contribution in [1.82, 2.24) is 5.06 Å². The predicted octanol–water partition coefficient (Wildman–Crippen LogP) is 5.04. The Morgan fingerprint density at radius 1 is 1.12 bits per heavy atom. The molecule has 0 amide bonds. The van der Waals surface area contributed by atoms with E-state index in [4.69, 9.17) is 4.74 Å². The summed E-state index contributed by atoms with van der Waals surface area (Å²) in [6, 6.07) is 0. The molecule has 1 atom stereocenters. The maximum Gasteiger partial charge on any atom is 0.312 e. The zero-order valence-corrected chi connectivity index (χ0v) is 17.5. The van der Waals surface area contributed by atoms with Gasteiger partial charge in [0.15, 0.2) is 0 Å². The first-order valence-electron chi connectivity index (χ1n) is 9.22. The minimum Gasteiger partial charge on any atom is -0.462 e. The van der Waals surface area contributed by atoms with Crippen molar-refractivity contribution >= 4 is 5.97 Å². The summed E-state index contributed by atoms with van der Waals surface area (Å²) < 4.78 is 6.01. The Hall–Kier alpha value is -0.610. The average molecular weight is 342 g/mol. The highest BCUT2D eigenvalue weighted by Crippen LogP contribution is 2.43. The molecule has 1 aliphatic rings. The third kappa shape index (κ3) is 4.72. The molecule has 0 radical (unpaired) electrons. The zero-order chi connectivity index (χ0) is 19.1. The molecule has 1 aliphatic heterocycles. The van der Waals surface area contributed by atoms with E-state index in [1.54, 1.807) is 0 Å². The average Bonchev–Trinajstić information content (AvgIpc) is 2.32. The number of carbonyl (C=O) groups excluding carboxylic acids is 1. The molecule has 0 spiro atoms. The van der Waals surface area contributed by atoms with Gasteiger partial charge in [0, 0.05) is 23.9 Å². The van der Waals surface area contributed by atoms with Crippen LogP contribution in [-0.4, -0.2) is 33.4 Å². The number of carbonyl (C=O) groups is 1. The van der Waals surface area contributed by atoms with Crippen molar-refractivity contribution in [2.75, 3.05) is 0 Å². The maximum absolute atomic E-state index is 13.1. The van der Waals surface area contributed by atoms with Crippen molar-refractivity contribution in [3.63, 3.8) is 0 Å². The van der Waals surface area contributed by atoms with Crippen LogP contribution < -0.4 is 0 Å². The van der Waals surface area contributed by atoms with Gasteiger partial charge in [-0.15, -0.1) is 0 Å². The quantitative estimate of drug-likeness (QED) is 0.728. The lowest BCUT2D eigenvalue weighted by Gasteiger charge is -2.51. The minimum absolute atomic E-state index is 0.0606. The Kier molecular flexibility index (Phi) is 5.90. The van der Waals surface area contributed by atoms with Crippen LogP contribution in [0.5, 0.6) is 0 Å². The van der Waals surface area contributed by atoms with Crippen LogP contribution in [-0.2, 0) is 9.53 Å². The van der Waals surface area contributed by atoms with Gasteiger partial charge in [-0.25, -0.2) is 0 Å². The Labute approximate surface area is 148 Å². The lowest BCUT2D eigenvalue weighted by atomic mass is 9.68. The lowest BCUT2D eigenvalue weighted by molar-refractivity contribution is -0.261. The molecule has 0 bridgehead atoms. The Bertz CT molecular complexity index is 444. The Morgan fingerprint density at radius 2 is 1.54 bits per heavy atom. The number of nitrogens with zero attached hydrogens (tertiary/aromatic N) is 1. The van der Waals surface area contributed by atoms with Gasteiger partial charge in [0.1, 0.15) is 6.10 Å². The molecule has 1 rings (SSSR count). The largest absolute Gasteiger partial charge is 0.462 e. The monoisotopic (exact) mass is 341 g/mol. The summed E-state index contributed by atoms with van der Waals surface area (Å²) in [4.78, 5) is 13.1. The van der Waals surface area contributed by atoms with E-state index < -0.39 is 16.5 Å². The Balaban J connectivity index is 2.96. The second-order valence-corrected chi connectivity index (χ2v) is 10.7. The molecule has 0 saturated carbocycles. The highest BCUT2D eigenvalue weighted by Gasteiger charge is 2.48. The summed E-state index contributed by atoms with van der Waals surface area (Å²) in [5.74, 6) is 0.110. The lowest BCUT2D eigenvalue weighted by Crippen LogP contribution is -2.61. The van der Waals surface area contributed by atoms with Gasteiger partial charge in [-0.05, 0) is 52.4 Å². The SMILES string of the molecule is CC(C)C(C)(CC(C)(C)C)C(=O)OC1CC(C)(C)N(O)C(C)(C)C1. The van der Waals surface area contributed by atoms with E-state index in [0.29, 0.717) is 12.8 Å². The molecule has 0 aliphatic carbocycles. The standard InChI is InChI=1S/C20H39NO3/c1-14(2)20(10,13-17(3,4)5)16(22)24-15-11-18(6,7)21(23)19(8,9)12-15/h14-15,23H,11-13H2,1-10H3. The summed E-state index contributed by atoms with van der Waals surface area (Å²) in [5.41, 5.74) is -1.26. The van der Waals surface area contributed by atoms with Crippen molar-refractivity contribution in [2.24, 2.45) is 16.7 Å². The second kappa shape index (κ2) is 6.60. The molecule has 0 aromatic heterocycles. The molecule has 0 aromatic carbocycles. The van der Waals surface area contributed by atoms with Crippen molar-refractivity contribution in [3.05, 3.63) is 0 Å². The smallest absolute Gasteiger partial charge is 0.312 e. The number of rotatable bonds is 4. The maximum atomic E-state index is 13.1. The fourth-order valence-corrected chi connectivity index (χ4v) is 4.16. The molecular weight excluding hydrogens is 302 g/mol. The summed E-state index contributed by atoms with van der Waals surface area (Å²) in [7, 11) is 0. The van der Waals surface area contributed by atoms with E-state index in [1.807, 2.05) is 34.6 Å². The van der Waals surface area contributed by atoms with Crippen LogP contribution in [0.3, 0.4) is 0 Å². The molecule has 4 heteroatoms. The van der Waals surface area contributed by atoms with Gasteiger partial charge in [-0.1, -0.05) is 34.6 Å². The van der Waals surface area contributed by atoms with E-state index >= 15 is 0 Å². The van der Waals surface area contributed by atoms with Crippen LogP contribution in [0.25, 0.3) is 0 Å². The van der Waals surface area contributed by atoms with E-state index in [9.17, 15) is 10.0 Å². The second-order valence-electron chi connectivity index (χ2n) is 10.7. The van der Waals surface area contributed by atoms with Gasteiger partial charge < -0.3 is 9.94 Å².